The molecule has 5 aliphatic carbocycles. The van der Waals surface area contributed by atoms with Crippen LogP contribution < -0.4 is 0 Å². The molecule has 0 unspecified atom stereocenters. The molecule has 3 saturated heterocycles. The van der Waals surface area contributed by atoms with E-state index >= 15 is 0 Å². The summed E-state index contributed by atoms with van der Waals surface area (Å²) in [7, 11) is 0. The van der Waals surface area contributed by atoms with Gasteiger partial charge in [-0.05, 0) is 122 Å². The summed E-state index contributed by atoms with van der Waals surface area (Å²) >= 11 is 0. The van der Waals surface area contributed by atoms with Crippen molar-refractivity contribution in [2.45, 2.75) is 216 Å². The SMILES string of the molecule is C[C@H](CC[C@H](O)C(C)(C)O)[C@@H]1[C@H](O[C@@H]2O[C@H](CO)[C@@H](O)[C@H](O)[C@@H]2O)C[C@@]2(C)[C@@H]3C[C@H](O)[C@@H]4C(C)(C)[C@H](O[C@@H]5OC[C@@H](O)[C@H](O)[C@@H]5O[C@@H]5OC[C@H](O)[C@@H](O)[C@@H]5O)CC[C@@]45C[C@@]35CC[C@]12C. The highest BCUT2D eigenvalue weighted by Crippen LogP contribution is 2.89. The van der Waals surface area contributed by atoms with Crippen molar-refractivity contribution >= 4 is 0 Å². The van der Waals surface area contributed by atoms with Crippen LogP contribution in [0.15, 0.2) is 0 Å². The van der Waals surface area contributed by atoms with E-state index in [1.54, 1.807) is 13.8 Å². The number of ether oxygens (including phenoxy) is 6. The lowest BCUT2D eigenvalue weighted by molar-refractivity contribution is -0.356. The Bertz CT molecular complexity index is 1650. The third-order valence-corrected chi connectivity index (χ3v) is 19.0. The van der Waals surface area contributed by atoms with Crippen molar-refractivity contribution in [3.8, 4) is 0 Å². The molecule has 8 aliphatic rings. The summed E-state index contributed by atoms with van der Waals surface area (Å²) in [6.45, 7) is 13.0. The lowest BCUT2D eigenvalue weighted by atomic mass is 9.41. The molecule has 5 saturated carbocycles. The molecule has 370 valence electrons. The molecule has 18 heteroatoms. The van der Waals surface area contributed by atoms with E-state index in [0.717, 1.165) is 25.7 Å². The largest absolute Gasteiger partial charge is 0.394 e. The third-order valence-electron chi connectivity index (χ3n) is 19.0. The van der Waals surface area contributed by atoms with Gasteiger partial charge in [0.1, 0.15) is 61.0 Å². The average molecular weight is 919 g/mol. The maximum absolute atomic E-state index is 12.6. The Kier molecular flexibility index (Phi) is 13.4. The molecule has 2 spiro atoms. The molecule has 25 atom stereocenters. The second kappa shape index (κ2) is 17.3. The van der Waals surface area contributed by atoms with Crippen molar-refractivity contribution in [2.75, 3.05) is 19.8 Å². The first-order valence-corrected chi connectivity index (χ1v) is 23.8. The first kappa shape index (κ1) is 49.7. The van der Waals surface area contributed by atoms with Crippen molar-refractivity contribution in [1.29, 1.82) is 0 Å². The van der Waals surface area contributed by atoms with Gasteiger partial charge in [0.15, 0.2) is 18.9 Å². The van der Waals surface area contributed by atoms with Crippen molar-refractivity contribution in [2.24, 2.45) is 50.7 Å². The van der Waals surface area contributed by atoms with Crippen LogP contribution in [-0.2, 0) is 28.4 Å². The minimum absolute atomic E-state index is 0.0345. The molecule has 12 N–H and O–H groups in total. The van der Waals surface area contributed by atoms with Crippen LogP contribution in [0.25, 0.3) is 0 Å². The van der Waals surface area contributed by atoms with E-state index in [2.05, 4.69) is 34.6 Å². The van der Waals surface area contributed by atoms with Crippen LogP contribution in [0, 0.1) is 50.7 Å². The highest BCUT2D eigenvalue weighted by Gasteiger charge is 2.84. The molecule has 0 radical (unpaired) electrons. The lowest BCUT2D eigenvalue weighted by Crippen LogP contribution is -2.63. The summed E-state index contributed by atoms with van der Waals surface area (Å²) in [6, 6.07) is 0. The predicted molar refractivity (Wildman–Crippen MR) is 222 cm³/mol. The quantitative estimate of drug-likeness (QED) is 0.105. The maximum Gasteiger partial charge on any atom is 0.186 e. The molecule has 8 rings (SSSR count). The number of rotatable bonds is 12. The van der Waals surface area contributed by atoms with Gasteiger partial charge in [-0.25, -0.2) is 0 Å². The predicted octanol–water partition coefficient (Wildman–Crippen LogP) is -0.973. The van der Waals surface area contributed by atoms with Gasteiger partial charge in [-0.15, -0.1) is 0 Å². The van der Waals surface area contributed by atoms with Crippen molar-refractivity contribution in [1.82, 2.24) is 0 Å². The van der Waals surface area contributed by atoms with Gasteiger partial charge in [0.05, 0.1) is 49.8 Å². The Morgan fingerprint density at radius 1 is 0.688 bits per heavy atom. The number of hydrogen-bond donors (Lipinski definition) is 12. The normalized spacial score (nSPS) is 54.5. The van der Waals surface area contributed by atoms with Crippen LogP contribution in [0.3, 0.4) is 0 Å². The number of hydrogen-bond acceptors (Lipinski definition) is 18. The molecule has 3 heterocycles. The van der Waals surface area contributed by atoms with E-state index in [4.69, 9.17) is 28.4 Å². The Labute approximate surface area is 375 Å². The van der Waals surface area contributed by atoms with Gasteiger partial charge in [0.25, 0.3) is 0 Å². The summed E-state index contributed by atoms with van der Waals surface area (Å²) in [5, 5.41) is 129. The number of aliphatic hydroxyl groups is 12. The standard InChI is InChI=1S/C46H78O18/c1-20(8-9-27(51)42(4,5)58)29-24(61-39-35(57)33(55)32(54)25(16-47)62-39)15-44(7)26-14-21(48)37-41(2,3)28(10-11-46(37)19-45(26,46)13-12-43(29,44)6)63-40-36(31(53)23(50)18-60-40)64-38-34(56)30(52)22(49)17-59-38/h20-40,47-58H,8-19H2,1-7H3/t20-,21+,22+,23-,24-,25-,26+,27+,28-,29-,30-,31+,32-,33+,34+,35+,36+,37-,38+,39-,40+,43-,44+,45+,46-/m1/s1. The minimum Gasteiger partial charge on any atom is -0.394 e. The molecule has 3 aliphatic heterocycles. The van der Waals surface area contributed by atoms with Crippen LogP contribution >= 0.6 is 0 Å². The third kappa shape index (κ3) is 7.68. The van der Waals surface area contributed by atoms with Crippen LogP contribution in [0.1, 0.15) is 106 Å². The molecule has 18 nitrogen and oxygen atoms in total. The fraction of sp³-hybridized carbons (Fsp3) is 1.00. The molecule has 0 aromatic carbocycles. The number of fused-ring (bicyclic) bond motifs is 2. The van der Waals surface area contributed by atoms with Gasteiger partial charge in [-0.3, -0.25) is 0 Å². The Morgan fingerprint density at radius 3 is 1.98 bits per heavy atom. The molecular formula is C46H78O18. The average Bonchev–Trinajstić information content (AvgIpc) is 3.81. The molecule has 0 amide bonds. The van der Waals surface area contributed by atoms with Crippen LogP contribution in [-0.4, -0.2) is 191 Å². The molecule has 0 bridgehead atoms. The first-order chi connectivity index (χ1) is 29.8. The van der Waals surface area contributed by atoms with Gasteiger partial charge in [-0.2, -0.15) is 0 Å². The lowest BCUT2D eigenvalue weighted by Gasteiger charge is -2.64. The fourth-order valence-electron chi connectivity index (χ4n) is 15.4. The van der Waals surface area contributed by atoms with Crippen molar-refractivity contribution in [3.05, 3.63) is 0 Å². The van der Waals surface area contributed by atoms with Crippen molar-refractivity contribution < 1.29 is 89.7 Å². The summed E-state index contributed by atoms with van der Waals surface area (Å²) in [5.74, 6) is -0.269. The Balaban J connectivity index is 1.05. The molecule has 0 aromatic heterocycles. The van der Waals surface area contributed by atoms with Gasteiger partial charge in [0, 0.05) is 0 Å². The van der Waals surface area contributed by atoms with E-state index in [1.807, 2.05) is 0 Å². The smallest absolute Gasteiger partial charge is 0.186 e. The first-order valence-electron chi connectivity index (χ1n) is 23.8. The van der Waals surface area contributed by atoms with E-state index in [0.29, 0.717) is 32.1 Å². The van der Waals surface area contributed by atoms with Gasteiger partial charge < -0.3 is 89.7 Å². The maximum atomic E-state index is 12.6. The highest BCUT2D eigenvalue weighted by atomic mass is 16.8. The fourth-order valence-corrected chi connectivity index (χ4v) is 15.4. The van der Waals surface area contributed by atoms with Crippen LogP contribution in [0.5, 0.6) is 0 Å². The van der Waals surface area contributed by atoms with Crippen molar-refractivity contribution in [3.63, 3.8) is 0 Å². The summed E-state index contributed by atoms with van der Waals surface area (Å²) in [6.07, 6.45) is -15.1. The van der Waals surface area contributed by atoms with E-state index in [9.17, 15) is 61.3 Å². The minimum atomic E-state index is -1.64. The molecule has 8 fully saturated rings. The zero-order valence-electron chi connectivity index (χ0n) is 38.4. The Morgan fingerprint density at radius 2 is 1.33 bits per heavy atom. The summed E-state index contributed by atoms with van der Waals surface area (Å²) < 4.78 is 36.8. The van der Waals surface area contributed by atoms with Crippen LogP contribution in [0.2, 0.25) is 0 Å². The number of aliphatic hydroxyl groups excluding tert-OH is 11. The van der Waals surface area contributed by atoms with Gasteiger partial charge in [0.2, 0.25) is 0 Å². The van der Waals surface area contributed by atoms with E-state index < -0.39 is 127 Å². The highest BCUT2D eigenvalue weighted by molar-refractivity contribution is 5.32. The topological polar surface area (TPSA) is 298 Å². The van der Waals surface area contributed by atoms with Gasteiger partial charge in [-0.1, -0.05) is 34.6 Å². The molecule has 0 aromatic rings. The summed E-state index contributed by atoms with van der Waals surface area (Å²) in [5.41, 5.74) is -2.98. The van der Waals surface area contributed by atoms with Gasteiger partial charge >= 0.3 is 0 Å². The zero-order chi connectivity index (χ0) is 46.9. The zero-order valence-corrected chi connectivity index (χ0v) is 38.4. The Hall–Kier alpha value is -0.720. The molecule has 64 heavy (non-hydrogen) atoms. The van der Waals surface area contributed by atoms with E-state index in [-0.39, 0.29) is 53.1 Å². The molecular weight excluding hydrogens is 840 g/mol. The summed E-state index contributed by atoms with van der Waals surface area (Å²) in [4.78, 5) is 0. The monoisotopic (exact) mass is 919 g/mol. The van der Waals surface area contributed by atoms with Crippen LogP contribution in [0.4, 0.5) is 0 Å². The van der Waals surface area contributed by atoms with E-state index in [1.165, 1.54) is 0 Å². The second-order valence-electron chi connectivity index (χ2n) is 23.1. The second-order valence-corrected chi connectivity index (χ2v) is 23.1.